The van der Waals surface area contributed by atoms with Crippen LogP contribution in [0.4, 0.5) is 4.39 Å². The fourth-order valence-corrected chi connectivity index (χ4v) is 17.4. The van der Waals surface area contributed by atoms with Crippen molar-refractivity contribution in [2.24, 2.45) is 64.1 Å². The highest BCUT2D eigenvalue weighted by Crippen LogP contribution is 2.70. The average Bonchev–Trinajstić information content (AvgIpc) is 1.63. The van der Waals surface area contributed by atoms with Gasteiger partial charge in [-0.15, -0.1) is 0 Å². The van der Waals surface area contributed by atoms with Gasteiger partial charge in [0.1, 0.15) is 42.3 Å². The molecule has 1 amide bonds. The van der Waals surface area contributed by atoms with E-state index in [-0.39, 0.29) is 72.9 Å². The van der Waals surface area contributed by atoms with Crippen molar-refractivity contribution in [1.82, 2.24) is 4.90 Å². The van der Waals surface area contributed by atoms with Crippen LogP contribution in [0.5, 0.6) is 0 Å². The Morgan fingerprint density at radius 3 is 2.19 bits per heavy atom. The number of ether oxygens (including phenoxy) is 5. The number of halogens is 1. The van der Waals surface area contributed by atoms with E-state index >= 15 is 4.39 Å². The summed E-state index contributed by atoms with van der Waals surface area (Å²) in [6.07, 6.45) is 15.6. The van der Waals surface area contributed by atoms with Crippen molar-refractivity contribution in [3.8, 4) is 0 Å². The molecule has 19 nitrogen and oxygen atoms in total. The minimum Gasteiger partial charge on any atom is -0.460 e. The number of aliphatic hydroxyl groups is 6. The number of esters is 1. The van der Waals surface area contributed by atoms with Gasteiger partial charge in [-0.2, -0.15) is 0 Å². The van der Waals surface area contributed by atoms with Crippen molar-refractivity contribution < 1.29 is 92.3 Å². The van der Waals surface area contributed by atoms with Crippen LogP contribution < -0.4 is 0 Å². The van der Waals surface area contributed by atoms with Gasteiger partial charge >= 0.3 is 5.97 Å². The molecule has 5 aliphatic carbocycles. The summed E-state index contributed by atoms with van der Waals surface area (Å²) >= 11 is 0. The molecule has 3 heterocycles. The SMILES string of the molecule is CO[C@H]1C[C@@H]2CC[C@@H](C)[C@@](O)(O2)C(=O)C(=O)N2CCCC[C@H]2C(=O)O[C@H]([C@H](C)C[C@@H]2CC[C@@H](O)[C@H](OC)C2)CC(=O)[C@H](C)/C=C(\C)[C@@H](O)[C@@H](OC)C(=O)[C@H](C)C[C@H](C)/C=C/C=C/C=C/1C.C[C@@H]1C[C@H]2[C@@H]3CCC4=CC(=O)C=C[C@]4(C)[C@@]3(F)[C@@H](O)C[C@]2(C)[C@@]1(O)C(=O)CO. The molecule has 4 saturated carbocycles. The van der Waals surface area contributed by atoms with E-state index in [1.165, 1.54) is 24.2 Å². The summed E-state index contributed by atoms with van der Waals surface area (Å²) in [4.78, 5) is 96.2. The Bertz CT molecular complexity index is 2920. The summed E-state index contributed by atoms with van der Waals surface area (Å²) in [7, 11) is 4.52. The number of allylic oxidation sites excluding steroid dienone is 10. The van der Waals surface area contributed by atoms with Crippen LogP contribution in [0, 0.1) is 64.1 Å². The highest BCUT2D eigenvalue weighted by atomic mass is 19.1. The zero-order valence-electron chi connectivity index (χ0n) is 57.2. The zero-order chi connectivity index (χ0) is 68.9. The number of fused-ring (bicyclic) bond motifs is 8. The molecule has 8 rings (SSSR count). The Morgan fingerprint density at radius 2 is 1.53 bits per heavy atom. The number of alkyl halides is 1. The Morgan fingerprint density at radius 1 is 0.817 bits per heavy atom. The number of methoxy groups -OCH3 is 3. The Balaban J connectivity index is 0.000000360. The highest BCUT2D eigenvalue weighted by molar-refractivity contribution is 6.39. The summed E-state index contributed by atoms with van der Waals surface area (Å²) in [5.74, 6) is -10.1. The van der Waals surface area contributed by atoms with Gasteiger partial charge in [0.2, 0.25) is 5.79 Å². The molecule has 2 bridgehead atoms. The molecule has 0 aromatic carbocycles. The normalized spacial score (nSPS) is 44.1. The summed E-state index contributed by atoms with van der Waals surface area (Å²) in [6, 6.07) is -1.14. The van der Waals surface area contributed by atoms with Crippen molar-refractivity contribution in [3.05, 3.63) is 71.4 Å². The number of hydrogen-bond acceptors (Lipinski definition) is 18. The minimum atomic E-state index is -2.43. The maximum atomic E-state index is 16.9. The van der Waals surface area contributed by atoms with E-state index in [0.29, 0.717) is 88.2 Å². The topological polar surface area (TPSA) is 290 Å². The second-order valence-corrected chi connectivity index (χ2v) is 29.3. The monoisotopic (exact) mass is 1310 g/mol. The van der Waals surface area contributed by atoms with Crippen molar-refractivity contribution in [2.75, 3.05) is 34.5 Å². The Hall–Kier alpha value is -4.74. The molecule has 23 atom stereocenters. The third kappa shape index (κ3) is 15.4. The van der Waals surface area contributed by atoms with Crippen molar-refractivity contribution in [2.45, 2.75) is 244 Å². The predicted molar refractivity (Wildman–Crippen MR) is 345 cm³/mol. The van der Waals surface area contributed by atoms with Crippen molar-refractivity contribution in [1.29, 1.82) is 0 Å². The van der Waals surface area contributed by atoms with E-state index in [1.54, 1.807) is 67.9 Å². The molecule has 93 heavy (non-hydrogen) atoms. The number of ketones is 5. The van der Waals surface area contributed by atoms with Crippen LogP contribution in [0.15, 0.2) is 71.4 Å². The lowest BCUT2D eigenvalue weighted by Crippen LogP contribution is -2.69. The standard InChI is InChI=1S/C51H79NO13.C22H29FO5/c1-30-16-12-11-13-17-31(2)42(61-8)28-38-21-19-36(7)51(60,65-38)48(57)49(58)52-23-15-14-18-39(52)50(59)64-43(33(4)26-37-20-22-40(53)44(27-37)62-9)29-41(54)32(3)25-35(6)46(56)47(63-10)45(55)34(5)24-30;1-12-8-16-15-5-4-13-9-14(25)6-7-19(13,2)21(15,23)17(26)10-20(16,3)22(12,28)18(27)11-24/h11-13,16-17,25,30,32-34,36-40,42-44,46-47,53,56,60H,14-15,18-24,26-29H2,1-10H3;6-7,9,12,15-17,24,26,28H,4-5,8,10-11H2,1-3H3/b13-11+,16-12+,31-17+,35-25+;/t30-,32-,33-,34-,36-,37+,38+,39+,40-,42+,43+,44-,46-,47+,51-;12-,15+,16+,17+,19+,20+,21+,22+/m11/s1. The molecule has 6 N–H and O–H groups in total. The molecule has 8 aliphatic rings. The molecule has 0 aromatic heterocycles. The molecule has 3 aliphatic heterocycles. The maximum Gasteiger partial charge on any atom is 0.329 e. The van der Waals surface area contributed by atoms with Crippen LogP contribution in [0.3, 0.4) is 0 Å². The van der Waals surface area contributed by atoms with Gasteiger partial charge in [0.15, 0.2) is 23.0 Å². The predicted octanol–water partition coefficient (Wildman–Crippen LogP) is 8.08. The molecule has 20 heteroatoms. The molecule has 6 fully saturated rings. The molecule has 0 radical (unpaired) electrons. The third-order valence-electron chi connectivity index (χ3n) is 23.3. The third-order valence-corrected chi connectivity index (χ3v) is 23.3. The fourth-order valence-electron chi connectivity index (χ4n) is 17.4. The number of nitrogens with zero attached hydrogens (tertiary/aromatic N) is 1. The van der Waals surface area contributed by atoms with E-state index in [2.05, 4.69) is 0 Å². The number of hydrogen-bond donors (Lipinski definition) is 6. The first-order valence-electron chi connectivity index (χ1n) is 34.1. The quantitative estimate of drug-likeness (QED) is 0.0760. The second-order valence-electron chi connectivity index (χ2n) is 29.3. The summed E-state index contributed by atoms with van der Waals surface area (Å²) in [6.45, 7) is 17.2. The molecule has 2 saturated heterocycles. The zero-order valence-corrected chi connectivity index (χ0v) is 57.2. The second kappa shape index (κ2) is 31.2. The van der Waals surface area contributed by atoms with E-state index in [9.17, 15) is 64.2 Å². The van der Waals surface area contributed by atoms with Gasteiger partial charge in [-0.1, -0.05) is 96.6 Å². The number of carbonyl (C=O) groups excluding carboxylic acids is 7. The van der Waals surface area contributed by atoms with Gasteiger partial charge in [0.25, 0.3) is 11.7 Å². The average molecular weight is 1310 g/mol. The number of piperidine rings is 1. The van der Waals surface area contributed by atoms with E-state index < -0.39 is 136 Å². The van der Waals surface area contributed by atoms with Crippen LogP contribution in [-0.2, 0) is 57.2 Å². The van der Waals surface area contributed by atoms with Gasteiger partial charge in [0.05, 0.1) is 30.5 Å². The van der Waals surface area contributed by atoms with Crippen LogP contribution in [-0.4, -0.2) is 183 Å². The first-order chi connectivity index (χ1) is 43.7. The van der Waals surface area contributed by atoms with E-state index in [4.69, 9.17) is 23.7 Å². The van der Waals surface area contributed by atoms with Crippen LogP contribution in [0.1, 0.15) is 172 Å². The molecular weight excluding hydrogens is 1200 g/mol. The molecular formula is C73H108FNO18. The van der Waals surface area contributed by atoms with Gasteiger partial charge in [-0.05, 0) is 164 Å². The first kappa shape index (κ1) is 75.6. The number of aliphatic hydroxyl groups excluding tert-OH is 4. The molecule has 520 valence electrons. The van der Waals surface area contributed by atoms with Gasteiger partial charge in [0, 0.05) is 75.2 Å². The minimum absolute atomic E-state index is 0.0193. The summed E-state index contributed by atoms with van der Waals surface area (Å²) < 4.78 is 46.2. The lowest BCUT2D eigenvalue weighted by atomic mass is 9.44. The smallest absolute Gasteiger partial charge is 0.329 e. The number of rotatable bonds is 8. The molecule has 0 aromatic rings. The molecule has 0 spiro atoms. The lowest BCUT2D eigenvalue weighted by molar-refractivity contribution is -0.265. The Labute approximate surface area is 549 Å². The number of cyclic esters (lactones) is 1. The summed E-state index contributed by atoms with van der Waals surface area (Å²) in [5.41, 5.74) is -3.90. The lowest BCUT2D eigenvalue weighted by Gasteiger charge is -2.62. The van der Waals surface area contributed by atoms with E-state index in [0.717, 1.165) is 12.0 Å². The van der Waals surface area contributed by atoms with Gasteiger partial charge in [-0.25, -0.2) is 9.18 Å². The molecule has 0 unspecified atom stereocenters. The number of carbonyl (C=O) groups is 7. The van der Waals surface area contributed by atoms with Gasteiger partial charge in [-0.3, -0.25) is 28.8 Å². The fraction of sp³-hybridized carbons (Fsp3) is 0.740. The first-order valence-corrected chi connectivity index (χ1v) is 34.1. The largest absolute Gasteiger partial charge is 0.460 e. The van der Waals surface area contributed by atoms with E-state index in [1.807, 2.05) is 58.1 Å². The summed E-state index contributed by atoms with van der Waals surface area (Å²) in [5, 5.41) is 65.8. The van der Waals surface area contributed by atoms with Crippen molar-refractivity contribution >= 4 is 40.8 Å². The Kier molecular flexibility index (Phi) is 25.4. The van der Waals surface area contributed by atoms with Gasteiger partial charge < -0.3 is 59.2 Å². The van der Waals surface area contributed by atoms with Crippen LogP contribution in [0.2, 0.25) is 0 Å². The highest BCUT2D eigenvalue weighted by Gasteiger charge is 2.75. The van der Waals surface area contributed by atoms with Crippen molar-refractivity contribution in [3.63, 3.8) is 0 Å². The number of amides is 1. The number of Topliss-reactive ketones (excluding diaryl/α,β-unsaturated/α-hetero) is 4. The van der Waals surface area contributed by atoms with Crippen LogP contribution >= 0.6 is 0 Å². The van der Waals surface area contributed by atoms with Crippen LogP contribution in [0.25, 0.3) is 0 Å². The maximum absolute atomic E-state index is 16.9.